The Kier molecular flexibility index (Phi) is 4.60. The highest BCUT2D eigenvalue weighted by molar-refractivity contribution is 7.71. The van der Waals surface area contributed by atoms with E-state index in [0.717, 1.165) is 16.9 Å². The van der Waals surface area contributed by atoms with Gasteiger partial charge in [-0.25, -0.2) is 4.98 Å². The summed E-state index contributed by atoms with van der Waals surface area (Å²) in [4.78, 5) is 7.40. The predicted molar refractivity (Wildman–Crippen MR) is 96.1 cm³/mol. The molecule has 0 saturated carbocycles. The quantitative estimate of drug-likeness (QED) is 0.638. The zero-order valence-electron chi connectivity index (χ0n) is 12.3. The molecule has 0 amide bonds. The van der Waals surface area contributed by atoms with Crippen LogP contribution in [0.5, 0.6) is 5.75 Å². The van der Waals surface area contributed by atoms with E-state index >= 15 is 0 Å². The lowest BCUT2D eigenvalue weighted by atomic mass is 10.1. The Balaban J connectivity index is 1.93. The van der Waals surface area contributed by atoms with Crippen LogP contribution in [0.1, 0.15) is 0 Å². The summed E-state index contributed by atoms with van der Waals surface area (Å²) in [6.45, 7) is 0. The Labute approximate surface area is 144 Å². The number of aromatic nitrogens is 2. The van der Waals surface area contributed by atoms with E-state index in [1.54, 1.807) is 19.2 Å². The monoisotopic (exact) mass is 343 g/mol. The minimum atomic E-state index is 0.411. The maximum Gasteiger partial charge on any atom is 0.199 e. The molecule has 3 rings (SSSR count). The topological polar surface area (TPSA) is 49.9 Å². The number of H-pyrrole nitrogens is 1. The van der Waals surface area contributed by atoms with E-state index in [0.29, 0.717) is 21.4 Å². The SMILES string of the molecule is COc1ccc(Nc2cc(-c3ccccc3)[nH]c(=S)n2)cc1Cl. The van der Waals surface area contributed by atoms with Gasteiger partial charge in [0.25, 0.3) is 0 Å². The molecule has 1 heterocycles. The third-order valence-electron chi connectivity index (χ3n) is 3.25. The first-order valence-electron chi connectivity index (χ1n) is 6.93. The summed E-state index contributed by atoms with van der Waals surface area (Å²) in [5.41, 5.74) is 2.74. The van der Waals surface area contributed by atoms with E-state index in [4.69, 9.17) is 28.6 Å². The van der Waals surface area contributed by atoms with Gasteiger partial charge in [0, 0.05) is 11.8 Å². The van der Waals surface area contributed by atoms with Crippen LogP contribution >= 0.6 is 23.8 Å². The van der Waals surface area contributed by atoms with Crippen molar-refractivity contribution in [1.29, 1.82) is 0 Å². The average Bonchev–Trinajstić information content (AvgIpc) is 2.55. The van der Waals surface area contributed by atoms with Gasteiger partial charge < -0.3 is 15.0 Å². The summed E-state index contributed by atoms with van der Waals surface area (Å²) in [6, 6.07) is 17.3. The molecule has 2 aromatic carbocycles. The van der Waals surface area contributed by atoms with E-state index in [2.05, 4.69) is 15.3 Å². The molecule has 6 heteroatoms. The molecule has 4 nitrogen and oxygen atoms in total. The third-order valence-corrected chi connectivity index (χ3v) is 3.74. The van der Waals surface area contributed by atoms with Crippen LogP contribution in [0.25, 0.3) is 11.3 Å². The molecule has 0 saturated heterocycles. The molecule has 0 aliphatic rings. The largest absolute Gasteiger partial charge is 0.495 e. The number of nitrogens with zero attached hydrogens (tertiary/aromatic N) is 1. The number of ether oxygens (including phenoxy) is 1. The van der Waals surface area contributed by atoms with E-state index in [1.807, 2.05) is 42.5 Å². The van der Waals surface area contributed by atoms with E-state index in [-0.39, 0.29) is 0 Å². The van der Waals surface area contributed by atoms with Crippen LogP contribution in [0, 0.1) is 4.77 Å². The number of benzene rings is 2. The average molecular weight is 344 g/mol. The molecule has 23 heavy (non-hydrogen) atoms. The highest BCUT2D eigenvalue weighted by Crippen LogP contribution is 2.29. The number of aromatic amines is 1. The van der Waals surface area contributed by atoms with Crippen LogP contribution in [0.4, 0.5) is 11.5 Å². The number of rotatable bonds is 4. The Morgan fingerprint density at radius 1 is 1.13 bits per heavy atom. The Morgan fingerprint density at radius 2 is 1.91 bits per heavy atom. The molecule has 116 valence electrons. The van der Waals surface area contributed by atoms with Gasteiger partial charge in [-0.1, -0.05) is 41.9 Å². The molecule has 0 aliphatic carbocycles. The molecule has 0 aliphatic heterocycles. The third kappa shape index (κ3) is 3.70. The zero-order chi connectivity index (χ0) is 16.2. The molecule has 3 aromatic rings. The normalized spacial score (nSPS) is 10.3. The summed E-state index contributed by atoms with van der Waals surface area (Å²) in [5, 5.41) is 3.74. The second-order valence-electron chi connectivity index (χ2n) is 4.83. The summed E-state index contributed by atoms with van der Waals surface area (Å²) >= 11 is 11.4. The van der Waals surface area contributed by atoms with Crippen molar-refractivity contribution in [2.75, 3.05) is 12.4 Å². The number of halogens is 1. The fourth-order valence-electron chi connectivity index (χ4n) is 2.19. The Morgan fingerprint density at radius 3 is 2.61 bits per heavy atom. The zero-order valence-corrected chi connectivity index (χ0v) is 13.9. The lowest BCUT2D eigenvalue weighted by Crippen LogP contribution is -1.97. The number of hydrogen-bond donors (Lipinski definition) is 2. The minimum absolute atomic E-state index is 0.411. The van der Waals surface area contributed by atoms with Crippen molar-refractivity contribution in [3.05, 3.63) is 64.4 Å². The number of anilines is 2. The maximum atomic E-state index is 6.14. The van der Waals surface area contributed by atoms with Gasteiger partial charge in [-0.3, -0.25) is 0 Å². The highest BCUT2D eigenvalue weighted by Gasteiger charge is 2.05. The molecule has 2 N–H and O–H groups in total. The second kappa shape index (κ2) is 6.81. The molecule has 0 atom stereocenters. The minimum Gasteiger partial charge on any atom is -0.495 e. The van der Waals surface area contributed by atoms with Crippen LogP contribution < -0.4 is 10.1 Å². The number of methoxy groups -OCH3 is 1. The van der Waals surface area contributed by atoms with Gasteiger partial charge in [0.15, 0.2) is 4.77 Å². The van der Waals surface area contributed by atoms with E-state index in [9.17, 15) is 0 Å². The van der Waals surface area contributed by atoms with Crippen LogP contribution in [0.2, 0.25) is 5.02 Å². The number of nitrogens with one attached hydrogen (secondary N) is 2. The van der Waals surface area contributed by atoms with E-state index in [1.165, 1.54) is 0 Å². The molecule has 0 fully saturated rings. The molecular weight excluding hydrogens is 330 g/mol. The lowest BCUT2D eigenvalue weighted by Gasteiger charge is -2.10. The standard InChI is InChI=1S/C17H14ClN3OS/c1-22-15-8-7-12(9-13(15)18)19-16-10-14(20-17(23)21-16)11-5-3-2-4-6-11/h2-10H,1H3,(H2,19,20,21,23). The van der Waals surface area contributed by atoms with E-state index < -0.39 is 0 Å². The van der Waals surface area contributed by atoms with Crippen LogP contribution in [-0.2, 0) is 0 Å². The van der Waals surface area contributed by atoms with Gasteiger partial charge in [-0.05, 0) is 36.0 Å². The van der Waals surface area contributed by atoms with Gasteiger partial charge in [-0.15, -0.1) is 0 Å². The van der Waals surface area contributed by atoms with Crippen molar-refractivity contribution in [3.63, 3.8) is 0 Å². The van der Waals surface area contributed by atoms with Crippen molar-refractivity contribution in [3.8, 4) is 17.0 Å². The number of hydrogen-bond acceptors (Lipinski definition) is 4. The predicted octanol–water partition coefficient (Wildman–Crippen LogP) is 5.21. The first-order valence-corrected chi connectivity index (χ1v) is 7.71. The second-order valence-corrected chi connectivity index (χ2v) is 5.62. The van der Waals surface area contributed by atoms with Crippen molar-refractivity contribution in [1.82, 2.24) is 9.97 Å². The smallest absolute Gasteiger partial charge is 0.199 e. The van der Waals surface area contributed by atoms with Gasteiger partial charge in [0.1, 0.15) is 11.6 Å². The van der Waals surface area contributed by atoms with Crippen LogP contribution in [0.3, 0.4) is 0 Å². The molecular formula is C17H14ClN3OS. The first kappa shape index (κ1) is 15.5. The van der Waals surface area contributed by atoms with Gasteiger partial charge >= 0.3 is 0 Å². The molecule has 0 unspecified atom stereocenters. The van der Waals surface area contributed by atoms with Gasteiger partial charge in [-0.2, -0.15) is 0 Å². The molecule has 1 aromatic heterocycles. The maximum absolute atomic E-state index is 6.14. The Bertz CT molecular complexity index is 881. The molecule has 0 spiro atoms. The fraction of sp³-hybridized carbons (Fsp3) is 0.0588. The first-order chi connectivity index (χ1) is 11.2. The highest BCUT2D eigenvalue weighted by atomic mass is 35.5. The summed E-state index contributed by atoms with van der Waals surface area (Å²) in [6.07, 6.45) is 0. The fourth-order valence-corrected chi connectivity index (χ4v) is 2.65. The summed E-state index contributed by atoms with van der Waals surface area (Å²) in [5.74, 6) is 1.27. The summed E-state index contributed by atoms with van der Waals surface area (Å²) < 4.78 is 5.56. The van der Waals surface area contributed by atoms with Crippen molar-refractivity contribution >= 4 is 35.3 Å². The van der Waals surface area contributed by atoms with Crippen LogP contribution in [-0.4, -0.2) is 17.1 Å². The van der Waals surface area contributed by atoms with Crippen molar-refractivity contribution < 1.29 is 4.74 Å². The van der Waals surface area contributed by atoms with Crippen molar-refractivity contribution in [2.45, 2.75) is 0 Å². The molecule has 0 bridgehead atoms. The lowest BCUT2D eigenvalue weighted by molar-refractivity contribution is 0.415. The molecule has 0 radical (unpaired) electrons. The van der Waals surface area contributed by atoms with Gasteiger partial charge in [0.2, 0.25) is 0 Å². The summed E-state index contributed by atoms with van der Waals surface area (Å²) in [7, 11) is 1.58. The van der Waals surface area contributed by atoms with Gasteiger partial charge in [0.05, 0.1) is 17.8 Å². The van der Waals surface area contributed by atoms with Crippen molar-refractivity contribution in [2.24, 2.45) is 0 Å². The van der Waals surface area contributed by atoms with Crippen LogP contribution in [0.15, 0.2) is 54.6 Å². The Hall–Kier alpha value is -2.37.